The number of aromatic nitrogens is 2. The molecular formula is C15H20N4. The van der Waals surface area contributed by atoms with Gasteiger partial charge in [-0.15, -0.1) is 0 Å². The van der Waals surface area contributed by atoms with Gasteiger partial charge in [0.1, 0.15) is 5.82 Å². The van der Waals surface area contributed by atoms with Gasteiger partial charge in [0.25, 0.3) is 0 Å². The highest BCUT2D eigenvalue weighted by Crippen LogP contribution is 2.20. The SMILES string of the molecule is CCn1nc(CN2CCc3ccccc3C2)cc1N. The molecule has 1 aliphatic heterocycles. The Morgan fingerprint density at radius 3 is 2.79 bits per heavy atom. The minimum atomic E-state index is 0.759. The molecule has 100 valence electrons. The molecule has 3 rings (SSSR count). The number of anilines is 1. The third kappa shape index (κ3) is 2.49. The minimum Gasteiger partial charge on any atom is -0.384 e. The van der Waals surface area contributed by atoms with E-state index in [-0.39, 0.29) is 0 Å². The Kier molecular flexibility index (Phi) is 3.25. The molecule has 0 unspecified atom stereocenters. The van der Waals surface area contributed by atoms with Crippen LogP contribution in [0.25, 0.3) is 0 Å². The van der Waals surface area contributed by atoms with Gasteiger partial charge >= 0.3 is 0 Å². The van der Waals surface area contributed by atoms with Crippen molar-refractivity contribution in [1.82, 2.24) is 14.7 Å². The van der Waals surface area contributed by atoms with Crippen LogP contribution in [-0.2, 0) is 26.1 Å². The van der Waals surface area contributed by atoms with Crippen LogP contribution in [0.2, 0.25) is 0 Å². The molecule has 1 aromatic carbocycles. The third-order valence-electron chi connectivity index (χ3n) is 3.76. The van der Waals surface area contributed by atoms with Crippen LogP contribution in [0, 0.1) is 0 Å². The first-order valence-corrected chi connectivity index (χ1v) is 6.87. The van der Waals surface area contributed by atoms with E-state index in [1.807, 2.05) is 10.7 Å². The zero-order valence-corrected chi connectivity index (χ0v) is 11.3. The Hall–Kier alpha value is -1.81. The van der Waals surface area contributed by atoms with Gasteiger partial charge < -0.3 is 5.73 Å². The summed E-state index contributed by atoms with van der Waals surface area (Å²) in [6.07, 6.45) is 1.13. The van der Waals surface area contributed by atoms with Gasteiger partial charge in [0.05, 0.1) is 5.69 Å². The molecule has 0 saturated carbocycles. The van der Waals surface area contributed by atoms with Gasteiger partial charge in [0.2, 0.25) is 0 Å². The van der Waals surface area contributed by atoms with Gasteiger partial charge in [-0.25, -0.2) is 0 Å². The van der Waals surface area contributed by atoms with Crippen LogP contribution in [0.15, 0.2) is 30.3 Å². The second-order valence-electron chi connectivity index (χ2n) is 5.11. The fourth-order valence-electron chi connectivity index (χ4n) is 2.74. The Morgan fingerprint density at radius 2 is 2.05 bits per heavy atom. The number of benzene rings is 1. The zero-order chi connectivity index (χ0) is 13.2. The minimum absolute atomic E-state index is 0.759. The first-order valence-electron chi connectivity index (χ1n) is 6.87. The lowest BCUT2D eigenvalue weighted by Crippen LogP contribution is -2.30. The molecule has 1 aliphatic rings. The number of nitrogens with zero attached hydrogens (tertiary/aromatic N) is 3. The molecule has 0 amide bonds. The van der Waals surface area contributed by atoms with Gasteiger partial charge in [-0.2, -0.15) is 5.10 Å². The lowest BCUT2D eigenvalue weighted by atomic mass is 10.00. The predicted molar refractivity (Wildman–Crippen MR) is 76.6 cm³/mol. The Bertz CT molecular complexity index is 573. The number of nitrogens with two attached hydrogens (primary N) is 1. The molecule has 4 nitrogen and oxygen atoms in total. The van der Waals surface area contributed by atoms with Crippen molar-refractivity contribution in [3.63, 3.8) is 0 Å². The summed E-state index contributed by atoms with van der Waals surface area (Å²) in [6.45, 7) is 5.87. The van der Waals surface area contributed by atoms with Crippen LogP contribution in [0.1, 0.15) is 23.7 Å². The van der Waals surface area contributed by atoms with Crippen LogP contribution in [0.3, 0.4) is 0 Å². The molecule has 4 heteroatoms. The molecule has 0 fully saturated rings. The van der Waals surface area contributed by atoms with E-state index in [2.05, 4.69) is 41.2 Å². The van der Waals surface area contributed by atoms with E-state index in [4.69, 9.17) is 5.73 Å². The predicted octanol–water partition coefficient (Wildman–Crippen LogP) is 2.04. The molecule has 19 heavy (non-hydrogen) atoms. The second-order valence-corrected chi connectivity index (χ2v) is 5.11. The van der Waals surface area contributed by atoms with Gasteiger partial charge in [-0.05, 0) is 24.5 Å². The number of hydrogen-bond acceptors (Lipinski definition) is 3. The summed E-state index contributed by atoms with van der Waals surface area (Å²) < 4.78 is 1.85. The third-order valence-corrected chi connectivity index (χ3v) is 3.76. The van der Waals surface area contributed by atoms with Crippen molar-refractivity contribution < 1.29 is 0 Å². The van der Waals surface area contributed by atoms with Crippen molar-refractivity contribution in [3.05, 3.63) is 47.2 Å². The lowest BCUT2D eigenvalue weighted by molar-refractivity contribution is 0.242. The molecule has 0 spiro atoms. The molecule has 2 N–H and O–H groups in total. The summed E-state index contributed by atoms with van der Waals surface area (Å²) >= 11 is 0. The maximum Gasteiger partial charge on any atom is 0.121 e. The van der Waals surface area contributed by atoms with E-state index in [9.17, 15) is 0 Å². The van der Waals surface area contributed by atoms with E-state index >= 15 is 0 Å². The van der Waals surface area contributed by atoms with Gasteiger partial charge in [-0.1, -0.05) is 24.3 Å². The Labute approximate surface area is 113 Å². The number of rotatable bonds is 3. The Morgan fingerprint density at radius 1 is 1.26 bits per heavy atom. The molecular weight excluding hydrogens is 236 g/mol. The molecule has 0 aliphatic carbocycles. The average Bonchev–Trinajstić information content (AvgIpc) is 2.78. The lowest BCUT2D eigenvalue weighted by Gasteiger charge is -2.27. The second kappa shape index (κ2) is 5.05. The molecule has 0 radical (unpaired) electrons. The van der Waals surface area contributed by atoms with E-state index in [0.29, 0.717) is 0 Å². The van der Waals surface area contributed by atoms with Crippen LogP contribution >= 0.6 is 0 Å². The summed E-state index contributed by atoms with van der Waals surface area (Å²) in [7, 11) is 0. The van der Waals surface area contributed by atoms with E-state index < -0.39 is 0 Å². The fourth-order valence-corrected chi connectivity index (χ4v) is 2.74. The quantitative estimate of drug-likeness (QED) is 0.914. The highest BCUT2D eigenvalue weighted by atomic mass is 15.3. The molecule has 1 aromatic heterocycles. The van der Waals surface area contributed by atoms with Crippen LogP contribution < -0.4 is 5.73 Å². The molecule has 2 heterocycles. The average molecular weight is 256 g/mol. The van der Waals surface area contributed by atoms with E-state index in [1.165, 1.54) is 11.1 Å². The summed E-state index contributed by atoms with van der Waals surface area (Å²) in [5.41, 5.74) is 9.91. The van der Waals surface area contributed by atoms with Crippen LogP contribution in [0.4, 0.5) is 5.82 Å². The topological polar surface area (TPSA) is 47.1 Å². The number of nitrogen functional groups attached to an aromatic ring is 1. The van der Waals surface area contributed by atoms with Crippen LogP contribution in [0.5, 0.6) is 0 Å². The summed E-state index contributed by atoms with van der Waals surface area (Å²) in [5.74, 6) is 0.759. The summed E-state index contributed by atoms with van der Waals surface area (Å²) in [4.78, 5) is 2.43. The number of aryl methyl sites for hydroxylation is 1. The van der Waals surface area contributed by atoms with Crippen molar-refractivity contribution in [1.29, 1.82) is 0 Å². The standard InChI is InChI=1S/C15H20N4/c1-2-19-15(16)9-14(17-19)11-18-8-7-12-5-3-4-6-13(12)10-18/h3-6,9H,2,7-8,10-11,16H2,1H3. The van der Waals surface area contributed by atoms with Crippen molar-refractivity contribution in [2.24, 2.45) is 0 Å². The molecule has 2 aromatic rings. The maximum absolute atomic E-state index is 5.92. The number of hydrogen-bond donors (Lipinski definition) is 1. The van der Waals surface area contributed by atoms with E-state index in [0.717, 1.165) is 44.1 Å². The fraction of sp³-hybridized carbons (Fsp3) is 0.400. The normalized spacial score (nSPS) is 15.4. The monoisotopic (exact) mass is 256 g/mol. The molecule has 0 atom stereocenters. The van der Waals surface area contributed by atoms with Gasteiger partial charge in [0.15, 0.2) is 0 Å². The number of fused-ring (bicyclic) bond motifs is 1. The summed E-state index contributed by atoms with van der Waals surface area (Å²) in [5, 5.41) is 4.53. The largest absolute Gasteiger partial charge is 0.384 e. The van der Waals surface area contributed by atoms with Crippen molar-refractivity contribution in [3.8, 4) is 0 Å². The van der Waals surface area contributed by atoms with E-state index in [1.54, 1.807) is 0 Å². The highest BCUT2D eigenvalue weighted by molar-refractivity contribution is 5.32. The zero-order valence-electron chi connectivity index (χ0n) is 11.3. The molecule has 0 saturated heterocycles. The first-order chi connectivity index (χ1) is 9.26. The first kappa shape index (κ1) is 12.2. The smallest absolute Gasteiger partial charge is 0.121 e. The summed E-state index contributed by atoms with van der Waals surface area (Å²) in [6, 6.07) is 10.7. The van der Waals surface area contributed by atoms with Crippen LogP contribution in [-0.4, -0.2) is 21.2 Å². The van der Waals surface area contributed by atoms with Gasteiger partial charge in [-0.3, -0.25) is 9.58 Å². The van der Waals surface area contributed by atoms with Crippen molar-refractivity contribution in [2.45, 2.75) is 33.0 Å². The highest BCUT2D eigenvalue weighted by Gasteiger charge is 2.17. The van der Waals surface area contributed by atoms with Crippen molar-refractivity contribution in [2.75, 3.05) is 12.3 Å². The Balaban J connectivity index is 1.71. The van der Waals surface area contributed by atoms with Crippen molar-refractivity contribution >= 4 is 5.82 Å². The molecule has 0 bridgehead atoms. The maximum atomic E-state index is 5.92. The van der Waals surface area contributed by atoms with Gasteiger partial charge in [0, 0.05) is 32.2 Å².